The van der Waals surface area contributed by atoms with Crippen molar-refractivity contribution < 1.29 is 0 Å². The zero-order valence-electron chi connectivity index (χ0n) is 11.1. The Morgan fingerprint density at radius 3 is 2.74 bits per heavy atom. The maximum Gasteiger partial charge on any atom is 0.196 e. The summed E-state index contributed by atoms with van der Waals surface area (Å²) in [4.78, 5) is 9.03. The highest BCUT2D eigenvalue weighted by atomic mass is 35.5. The molecule has 1 aromatic rings. The predicted molar refractivity (Wildman–Crippen MR) is 79.9 cm³/mol. The number of piperidine rings is 1. The molecule has 0 radical (unpaired) electrons. The second-order valence-corrected chi connectivity index (χ2v) is 5.95. The highest BCUT2D eigenvalue weighted by Gasteiger charge is 2.44. The summed E-state index contributed by atoms with van der Waals surface area (Å²) in [6.45, 7) is 2.96. The molecule has 3 rings (SSSR count). The molecule has 0 bridgehead atoms. The van der Waals surface area contributed by atoms with E-state index in [2.05, 4.69) is 27.9 Å². The number of nitrogens with zero attached hydrogens (tertiary/aromatic N) is 3. The lowest BCUT2D eigenvalue weighted by molar-refractivity contribution is 0.202. The van der Waals surface area contributed by atoms with E-state index in [0.29, 0.717) is 5.96 Å². The van der Waals surface area contributed by atoms with Gasteiger partial charge in [-0.2, -0.15) is 0 Å². The molecule has 102 valence electrons. The van der Waals surface area contributed by atoms with Crippen molar-refractivity contribution in [3.63, 3.8) is 0 Å². The monoisotopic (exact) mass is 278 g/mol. The Balaban J connectivity index is 1.94. The van der Waals surface area contributed by atoms with Crippen molar-refractivity contribution >= 4 is 23.2 Å². The third-order valence-electron chi connectivity index (χ3n) is 4.22. The lowest BCUT2D eigenvalue weighted by Gasteiger charge is -2.44. The molecular weight excluding hydrogens is 260 g/mol. The van der Waals surface area contributed by atoms with Gasteiger partial charge in [0.2, 0.25) is 0 Å². The summed E-state index contributed by atoms with van der Waals surface area (Å²) in [6.07, 6.45) is 2.17. The number of anilines is 1. The Labute approximate surface area is 118 Å². The van der Waals surface area contributed by atoms with Gasteiger partial charge in [-0.3, -0.25) is 4.99 Å². The molecule has 1 aromatic carbocycles. The summed E-state index contributed by atoms with van der Waals surface area (Å²) in [7, 11) is 2.16. The highest BCUT2D eigenvalue weighted by molar-refractivity contribution is 6.31. The van der Waals surface area contributed by atoms with Crippen LogP contribution in [0.5, 0.6) is 0 Å². The number of hydrogen-bond donors (Lipinski definition) is 1. The maximum absolute atomic E-state index is 6.12. The van der Waals surface area contributed by atoms with E-state index in [4.69, 9.17) is 17.3 Å². The van der Waals surface area contributed by atoms with Gasteiger partial charge in [-0.25, -0.2) is 0 Å². The zero-order valence-corrected chi connectivity index (χ0v) is 11.9. The minimum atomic E-state index is 0.0429. The zero-order chi connectivity index (χ0) is 13.5. The van der Waals surface area contributed by atoms with Crippen molar-refractivity contribution in [2.45, 2.75) is 18.4 Å². The molecule has 5 heteroatoms. The smallest absolute Gasteiger partial charge is 0.196 e. The summed E-state index contributed by atoms with van der Waals surface area (Å²) in [5, 5.41) is 0.736. The fourth-order valence-corrected chi connectivity index (χ4v) is 3.23. The fraction of sp³-hybridized carbons (Fsp3) is 0.500. The van der Waals surface area contributed by atoms with Gasteiger partial charge >= 0.3 is 0 Å². The largest absolute Gasteiger partial charge is 0.369 e. The van der Waals surface area contributed by atoms with Crippen LogP contribution in [0, 0.1) is 0 Å². The van der Waals surface area contributed by atoms with E-state index in [9.17, 15) is 0 Å². The Hall–Kier alpha value is -1.26. The third-order valence-corrected chi connectivity index (χ3v) is 4.46. The molecule has 2 N–H and O–H groups in total. The highest BCUT2D eigenvalue weighted by Crippen LogP contribution is 2.37. The normalized spacial score (nSPS) is 22.8. The average molecular weight is 279 g/mol. The van der Waals surface area contributed by atoms with E-state index < -0.39 is 0 Å². The standard InChI is InChI=1S/C14H19ClN4/c1-18-7-5-14(6-8-18)10-17-13(16)19(14)12-4-2-3-11(15)9-12/h2-4,9H,5-8,10H2,1H3,(H2,16,17). The van der Waals surface area contributed by atoms with Crippen molar-refractivity contribution in [2.75, 3.05) is 31.6 Å². The van der Waals surface area contributed by atoms with Gasteiger partial charge in [0.15, 0.2) is 5.96 Å². The van der Waals surface area contributed by atoms with Gasteiger partial charge in [0.25, 0.3) is 0 Å². The van der Waals surface area contributed by atoms with Gasteiger partial charge in [-0.05, 0) is 38.1 Å². The van der Waals surface area contributed by atoms with Gasteiger partial charge < -0.3 is 15.5 Å². The van der Waals surface area contributed by atoms with Crippen LogP contribution in [0.25, 0.3) is 0 Å². The van der Waals surface area contributed by atoms with Crippen molar-refractivity contribution in [3.05, 3.63) is 29.3 Å². The van der Waals surface area contributed by atoms with E-state index in [1.807, 2.05) is 18.2 Å². The van der Waals surface area contributed by atoms with E-state index in [1.165, 1.54) is 0 Å². The fourth-order valence-electron chi connectivity index (χ4n) is 3.05. The van der Waals surface area contributed by atoms with Gasteiger partial charge in [0.05, 0.1) is 12.1 Å². The molecule has 19 heavy (non-hydrogen) atoms. The van der Waals surface area contributed by atoms with Crippen LogP contribution >= 0.6 is 11.6 Å². The number of halogens is 1. The summed E-state index contributed by atoms with van der Waals surface area (Å²) < 4.78 is 0. The third kappa shape index (κ3) is 2.19. The van der Waals surface area contributed by atoms with Gasteiger partial charge in [0.1, 0.15) is 0 Å². The minimum Gasteiger partial charge on any atom is -0.369 e. The number of likely N-dealkylation sites (tertiary alicyclic amines) is 1. The predicted octanol–water partition coefficient (Wildman–Crippen LogP) is 1.94. The van der Waals surface area contributed by atoms with Crippen LogP contribution in [0.1, 0.15) is 12.8 Å². The number of hydrogen-bond acceptors (Lipinski definition) is 4. The van der Waals surface area contributed by atoms with E-state index in [-0.39, 0.29) is 5.54 Å². The van der Waals surface area contributed by atoms with Gasteiger partial charge in [-0.15, -0.1) is 0 Å². The molecular formula is C14H19ClN4. The molecule has 1 spiro atoms. The van der Waals surface area contributed by atoms with Crippen molar-refractivity contribution in [3.8, 4) is 0 Å². The van der Waals surface area contributed by atoms with Crippen LogP contribution in [-0.4, -0.2) is 43.1 Å². The van der Waals surface area contributed by atoms with Crippen LogP contribution in [0.4, 0.5) is 5.69 Å². The molecule has 0 unspecified atom stereocenters. The van der Waals surface area contributed by atoms with Crippen LogP contribution in [0.3, 0.4) is 0 Å². The van der Waals surface area contributed by atoms with E-state index >= 15 is 0 Å². The summed E-state index contributed by atoms with van der Waals surface area (Å²) in [6, 6.07) is 7.87. The molecule has 0 saturated carbocycles. The van der Waals surface area contributed by atoms with Crippen LogP contribution in [-0.2, 0) is 0 Å². The van der Waals surface area contributed by atoms with Crippen LogP contribution in [0.15, 0.2) is 29.3 Å². The molecule has 2 aliphatic heterocycles. The number of guanidine groups is 1. The molecule has 4 nitrogen and oxygen atoms in total. The number of nitrogens with two attached hydrogens (primary N) is 1. The molecule has 0 amide bonds. The lowest BCUT2D eigenvalue weighted by Crippen LogP contribution is -2.57. The molecule has 0 aliphatic carbocycles. The first-order valence-electron chi connectivity index (χ1n) is 6.65. The Kier molecular flexibility index (Phi) is 3.15. The first-order valence-corrected chi connectivity index (χ1v) is 7.03. The summed E-state index contributed by atoms with van der Waals surface area (Å²) >= 11 is 6.11. The van der Waals surface area contributed by atoms with Gasteiger partial charge in [-0.1, -0.05) is 17.7 Å². The van der Waals surface area contributed by atoms with Crippen molar-refractivity contribution in [1.29, 1.82) is 0 Å². The Morgan fingerprint density at radius 1 is 1.32 bits per heavy atom. The second-order valence-electron chi connectivity index (χ2n) is 5.52. The van der Waals surface area contributed by atoms with Gasteiger partial charge in [0, 0.05) is 23.8 Å². The Morgan fingerprint density at radius 2 is 2.05 bits per heavy atom. The molecule has 2 aliphatic rings. The molecule has 0 atom stereocenters. The summed E-state index contributed by atoms with van der Waals surface area (Å²) in [5.74, 6) is 0.617. The lowest BCUT2D eigenvalue weighted by atomic mass is 9.86. The minimum absolute atomic E-state index is 0.0429. The van der Waals surface area contributed by atoms with Crippen LogP contribution in [0.2, 0.25) is 5.02 Å². The molecule has 1 fully saturated rings. The van der Waals surface area contributed by atoms with Crippen molar-refractivity contribution in [1.82, 2.24) is 4.90 Å². The van der Waals surface area contributed by atoms with Crippen molar-refractivity contribution in [2.24, 2.45) is 10.7 Å². The van der Waals surface area contributed by atoms with E-state index in [0.717, 1.165) is 43.2 Å². The van der Waals surface area contributed by atoms with E-state index in [1.54, 1.807) is 0 Å². The quantitative estimate of drug-likeness (QED) is 0.854. The average Bonchev–Trinajstić information content (AvgIpc) is 2.71. The molecule has 0 aromatic heterocycles. The molecule has 1 saturated heterocycles. The number of aliphatic imine (C=N–C) groups is 1. The number of benzene rings is 1. The maximum atomic E-state index is 6.12. The Bertz CT molecular complexity index is 506. The summed E-state index contributed by atoms with van der Waals surface area (Å²) in [5.41, 5.74) is 7.22. The topological polar surface area (TPSA) is 44.9 Å². The number of rotatable bonds is 1. The second kappa shape index (κ2) is 4.69. The first kappa shape index (κ1) is 12.8. The first-order chi connectivity index (χ1) is 9.11. The SMILES string of the molecule is CN1CCC2(CC1)CN=C(N)N2c1cccc(Cl)c1. The van der Waals surface area contributed by atoms with Crippen LogP contribution < -0.4 is 10.6 Å². The molecule has 2 heterocycles.